The zero-order chi connectivity index (χ0) is 41.1. The monoisotopic (exact) mass is 867 g/mol. The summed E-state index contributed by atoms with van der Waals surface area (Å²) in [4.78, 5) is -3.26. The van der Waals surface area contributed by atoms with E-state index in [-0.39, 0.29) is 73.9 Å². The molecule has 6 aromatic carbocycles. The van der Waals surface area contributed by atoms with Crippen molar-refractivity contribution < 1.29 is 62.1 Å². The molecule has 6 aromatic rings. The van der Waals surface area contributed by atoms with Gasteiger partial charge in [0.15, 0.2) is 11.5 Å². The Bertz CT molecular complexity index is 2950. The summed E-state index contributed by atoms with van der Waals surface area (Å²) in [5.41, 5.74) is 11.1. The Morgan fingerprint density at radius 2 is 0.754 bits per heavy atom. The van der Waals surface area contributed by atoms with Gasteiger partial charge >= 0.3 is 0 Å². The number of anilines is 2. The van der Waals surface area contributed by atoms with Gasteiger partial charge in [-0.2, -0.15) is 43.9 Å². The van der Waals surface area contributed by atoms with Gasteiger partial charge in [-0.15, -0.1) is 10.2 Å². The molecule has 0 aromatic heterocycles. The molecule has 0 spiro atoms. The number of nitrogens with two attached hydrogens (primary N) is 2. The molecule has 0 aliphatic rings. The van der Waals surface area contributed by atoms with Crippen molar-refractivity contribution in [3.8, 4) is 22.6 Å². The van der Waals surface area contributed by atoms with Gasteiger partial charge in [-0.25, -0.2) is 0 Å². The number of hydrogen-bond acceptors (Lipinski definition) is 16. The Kier molecular flexibility index (Phi) is 11.6. The summed E-state index contributed by atoms with van der Waals surface area (Å²) in [5.74, 6) is -1.70. The fourth-order valence-electron chi connectivity index (χ4n) is 5.52. The van der Waals surface area contributed by atoms with Crippen molar-refractivity contribution in [3.63, 3.8) is 0 Å². The number of hydrogen-bond donors (Lipinski definition) is 8. The van der Waals surface area contributed by atoms with Crippen LogP contribution < -0.4 is 11.5 Å². The van der Waals surface area contributed by atoms with Crippen molar-refractivity contribution in [2.75, 3.05) is 11.5 Å². The molecule has 0 aliphatic carbocycles. The summed E-state index contributed by atoms with van der Waals surface area (Å²) in [6, 6.07) is 17.2. The van der Waals surface area contributed by atoms with Crippen LogP contribution in [0.5, 0.6) is 11.5 Å². The van der Waals surface area contributed by atoms with E-state index in [0.29, 0.717) is 11.1 Å². The molecular formula is C32H24N6NaO14S4. The minimum atomic E-state index is -5.07. The third-order valence-corrected chi connectivity index (χ3v) is 11.5. The zero-order valence-electron chi connectivity index (χ0n) is 28.6. The number of phenolic OH excluding ortho intramolecular Hbond substituents is 2. The van der Waals surface area contributed by atoms with E-state index in [2.05, 4.69) is 20.5 Å². The average Bonchev–Trinajstić information content (AvgIpc) is 3.09. The number of nitrogens with zero attached hydrogens (tertiary/aromatic N) is 4. The first-order chi connectivity index (χ1) is 25.9. The molecule has 20 nitrogen and oxygen atoms in total. The maximum Gasteiger partial charge on any atom is 0.296 e. The first-order valence-corrected chi connectivity index (χ1v) is 20.8. The van der Waals surface area contributed by atoms with E-state index in [0.717, 1.165) is 36.4 Å². The van der Waals surface area contributed by atoms with Crippen LogP contribution in [0.2, 0.25) is 0 Å². The minimum Gasteiger partial charge on any atom is -0.505 e. The molecule has 0 saturated carbocycles. The van der Waals surface area contributed by atoms with Gasteiger partial charge in [0.25, 0.3) is 40.5 Å². The summed E-state index contributed by atoms with van der Waals surface area (Å²) in [6.07, 6.45) is 0. The Morgan fingerprint density at radius 1 is 0.439 bits per heavy atom. The maximum absolute atomic E-state index is 12.2. The quantitative estimate of drug-likeness (QED) is 0.0375. The second kappa shape index (κ2) is 15.3. The van der Waals surface area contributed by atoms with Crippen LogP contribution in [-0.2, 0) is 40.5 Å². The van der Waals surface area contributed by atoms with E-state index < -0.39 is 82.9 Å². The van der Waals surface area contributed by atoms with Gasteiger partial charge in [0.05, 0.1) is 21.2 Å². The van der Waals surface area contributed by atoms with E-state index in [1.54, 1.807) is 24.3 Å². The van der Waals surface area contributed by atoms with Gasteiger partial charge in [-0.3, -0.25) is 18.2 Å². The topological polar surface area (TPSA) is 359 Å². The van der Waals surface area contributed by atoms with E-state index in [4.69, 9.17) is 11.5 Å². The van der Waals surface area contributed by atoms with E-state index in [9.17, 15) is 62.1 Å². The van der Waals surface area contributed by atoms with E-state index >= 15 is 0 Å². The van der Waals surface area contributed by atoms with Gasteiger partial charge in [0, 0.05) is 51.7 Å². The molecule has 0 heterocycles. The van der Waals surface area contributed by atoms with Gasteiger partial charge in [-0.05, 0) is 82.6 Å². The van der Waals surface area contributed by atoms with Crippen molar-refractivity contribution >= 4 is 126 Å². The predicted molar refractivity (Wildman–Crippen MR) is 205 cm³/mol. The number of benzene rings is 6. The second-order valence-electron chi connectivity index (χ2n) is 11.8. The molecular weight excluding hydrogens is 844 g/mol. The minimum absolute atomic E-state index is 0. The first-order valence-electron chi connectivity index (χ1n) is 15.1. The Balaban J connectivity index is 0.00000620. The van der Waals surface area contributed by atoms with Crippen molar-refractivity contribution in [1.82, 2.24) is 0 Å². The molecule has 0 aliphatic heterocycles. The average molecular weight is 868 g/mol. The number of azo groups is 2. The van der Waals surface area contributed by atoms with Crippen molar-refractivity contribution in [3.05, 3.63) is 84.9 Å². The molecule has 10 N–H and O–H groups in total. The van der Waals surface area contributed by atoms with Crippen LogP contribution in [-0.4, -0.2) is 91.7 Å². The molecule has 0 saturated heterocycles. The number of aromatic hydroxyl groups is 2. The molecule has 0 atom stereocenters. The number of nitrogen functional groups attached to an aromatic ring is 2. The van der Waals surface area contributed by atoms with Gasteiger partial charge in [-0.1, -0.05) is 24.3 Å². The second-order valence-corrected chi connectivity index (χ2v) is 17.4. The van der Waals surface area contributed by atoms with Crippen LogP contribution in [0, 0.1) is 0 Å². The molecule has 0 bridgehead atoms. The fourth-order valence-corrected chi connectivity index (χ4v) is 7.94. The molecule has 1 radical (unpaired) electrons. The number of phenols is 2. The van der Waals surface area contributed by atoms with Crippen molar-refractivity contribution in [2.24, 2.45) is 20.5 Å². The normalized spacial score (nSPS) is 12.8. The maximum atomic E-state index is 12.2. The van der Waals surface area contributed by atoms with Gasteiger partial charge in [0.1, 0.15) is 21.2 Å². The Labute approximate surface area is 344 Å². The van der Waals surface area contributed by atoms with Crippen molar-refractivity contribution in [1.29, 1.82) is 0 Å². The van der Waals surface area contributed by atoms with Crippen LogP contribution in [0.25, 0.3) is 32.7 Å². The fraction of sp³-hybridized carbons (Fsp3) is 0. The van der Waals surface area contributed by atoms with E-state index in [1.807, 2.05) is 0 Å². The smallest absolute Gasteiger partial charge is 0.296 e. The van der Waals surface area contributed by atoms with Crippen LogP contribution >= 0.6 is 0 Å². The molecule has 25 heteroatoms. The Morgan fingerprint density at radius 3 is 1.04 bits per heavy atom. The van der Waals surface area contributed by atoms with Crippen LogP contribution in [0.4, 0.5) is 34.1 Å². The molecule has 0 unspecified atom stereocenters. The SMILES string of the molecule is Nc1cc(S(=O)(=O)O)cc2cc(S(=O)(=O)O)c(N=Nc3ccc(-c4ccc(N=Nc5c(S(=O)(=O)O)cc6cc(S(=O)(=O)O)cc(N)c6c5O)cc4)cc3)c(O)c12.[Na]. The Hall–Kier alpha value is -5.12. The third-order valence-electron chi connectivity index (χ3n) is 8.06. The molecule has 6 rings (SSSR count). The molecule has 0 amide bonds. The summed E-state index contributed by atoms with van der Waals surface area (Å²) in [6.45, 7) is 0. The largest absolute Gasteiger partial charge is 0.505 e. The van der Waals surface area contributed by atoms with E-state index in [1.165, 1.54) is 24.3 Å². The van der Waals surface area contributed by atoms with Crippen LogP contribution in [0.3, 0.4) is 0 Å². The predicted octanol–water partition coefficient (Wildman–Crippen LogP) is 5.67. The summed E-state index contributed by atoms with van der Waals surface area (Å²) < 4.78 is 134. The standard InChI is InChI=1S/C32H24N6O14S4.Na/c33-23-13-21(53(41,42)43)9-17-11-25(55(47,48)49)29(31(39)27(17)23)37-35-19-5-1-15(2-6-19)16-3-7-20(8-4-16)36-38-30-26(56(50,51)52)12-18-10-22(54(44,45)46)14-24(34)28(18)32(30)40;/h1-14,39-40H,33-34H2,(H,41,42,43)(H,44,45,46)(H,47,48,49)(H,50,51,52);. The first kappa shape index (κ1) is 43.0. The van der Waals surface area contributed by atoms with Crippen LogP contribution in [0.1, 0.15) is 0 Å². The van der Waals surface area contributed by atoms with Crippen LogP contribution in [0.15, 0.2) is 125 Å². The summed E-state index contributed by atoms with van der Waals surface area (Å²) in [7, 11) is -19.7. The molecule has 291 valence electrons. The number of rotatable bonds is 9. The molecule has 57 heavy (non-hydrogen) atoms. The zero-order valence-corrected chi connectivity index (χ0v) is 33.9. The molecule has 0 fully saturated rings. The number of fused-ring (bicyclic) bond motifs is 2. The van der Waals surface area contributed by atoms with Gasteiger partial charge < -0.3 is 21.7 Å². The summed E-state index contributed by atoms with van der Waals surface area (Å²) >= 11 is 0. The summed E-state index contributed by atoms with van der Waals surface area (Å²) in [5, 5.41) is 36.3. The van der Waals surface area contributed by atoms with Gasteiger partial charge in [0.2, 0.25) is 0 Å². The third kappa shape index (κ3) is 8.90. The van der Waals surface area contributed by atoms with Crippen molar-refractivity contribution in [2.45, 2.75) is 19.6 Å².